The summed E-state index contributed by atoms with van der Waals surface area (Å²) in [5.74, 6) is -1.93. The number of urea groups is 1. The fraction of sp³-hybridized carbons (Fsp3) is 0.300. The van der Waals surface area contributed by atoms with E-state index < -0.39 is 21.6 Å². The van der Waals surface area contributed by atoms with E-state index in [1.807, 2.05) is 26.5 Å². The number of likely N-dealkylation sites (N-methyl/N-ethyl adjacent to an activating group) is 1. The van der Waals surface area contributed by atoms with E-state index in [2.05, 4.69) is 5.32 Å². The normalized spacial score (nSPS) is 14.1. The van der Waals surface area contributed by atoms with Crippen LogP contribution >= 0.6 is 34.8 Å². The molecule has 0 spiro atoms. The third kappa shape index (κ3) is 5.10. The van der Waals surface area contributed by atoms with Crippen LogP contribution in [0.5, 0.6) is 0 Å². The number of alkyl halides is 3. The molecule has 1 aliphatic rings. The van der Waals surface area contributed by atoms with Gasteiger partial charge in [-0.3, -0.25) is 24.6 Å². The van der Waals surface area contributed by atoms with E-state index in [1.165, 1.54) is 11.0 Å². The number of carbonyl (C=O) groups excluding carboxylic acids is 4. The zero-order valence-electron chi connectivity index (χ0n) is 17.0. The molecule has 164 valence electrons. The van der Waals surface area contributed by atoms with Crippen LogP contribution in [-0.2, 0) is 4.79 Å². The number of anilines is 1. The molecule has 0 bridgehead atoms. The third-order valence-electron chi connectivity index (χ3n) is 4.66. The number of hydrogen-bond donors (Lipinski definition) is 2. The van der Waals surface area contributed by atoms with Gasteiger partial charge in [0.1, 0.15) is 0 Å². The van der Waals surface area contributed by atoms with Crippen LogP contribution in [0, 0.1) is 0 Å². The van der Waals surface area contributed by atoms with Gasteiger partial charge in [-0.2, -0.15) is 0 Å². The summed E-state index contributed by atoms with van der Waals surface area (Å²) in [5, 5.41) is 5.46. The Morgan fingerprint density at radius 2 is 1.68 bits per heavy atom. The molecular weight excluding hydrogens is 467 g/mol. The molecule has 3 rings (SSSR count). The van der Waals surface area contributed by atoms with Crippen molar-refractivity contribution >= 4 is 75.0 Å². The van der Waals surface area contributed by atoms with Gasteiger partial charge in [0.05, 0.1) is 39.8 Å². The molecule has 1 aliphatic heterocycles. The molecule has 2 aromatic rings. The largest absolute Gasteiger partial charge is 0.329 e. The Kier molecular flexibility index (Phi) is 6.21. The molecule has 0 unspecified atom stereocenters. The second kappa shape index (κ2) is 8.27. The van der Waals surface area contributed by atoms with Crippen LogP contribution in [0.3, 0.4) is 0 Å². The van der Waals surface area contributed by atoms with E-state index in [1.54, 1.807) is 24.3 Å². The summed E-state index contributed by atoms with van der Waals surface area (Å²) in [6, 6.07) is 7.20. The van der Waals surface area contributed by atoms with Crippen molar-refractivity contribution in [3.05, 3.63) is 41.5 Å². The topological polar surface area (TPSA) is 95.6 Å². The summed E-state index contributed by atoms with van der Waals surface area (Å²) < 4.78 is -1.73. The molecule has 0 aromatic heterocycles. The summed E-state index contributed by atoms with van der Waals surface area (Å²) in [4.78, 5) is 51.1. The number of nitrogens with one attached hydrogen (secondary N) is 2. The first kappa shape index (κ1) is 23.3. The zero-order valence-corrected chi connectivity index (χ0v) is 19.2. The maximum atomic E-state index is 13.1. The van der Waals surface area contributed by atoms with Gasteiger partial charge in [0.25, 0.3) is 21.5 Å². The van der Waals surface area contributed by atoms with Crippen LogP contribution in [0.4, 0.5) is 10.5 Å². The maximum Gasteiger partial charge on any atom is 0.326 e. The average molecular weight is 487 g/mol. The van der Waals surface area contributed by atoms with E-state index >= 15 is 0 Å². The highest BCUT2D eigenvalue weighted by atomic mass is 35.6. The SMILES string of the molecule is C[N+](C)(C)CCN1C(=O)c2cccc3cc(NC(=O)NC(=O)C(Cl)(Cl)Cl)cc(c23)C1=O. The number of imide groups is 2. The highest BCUT2D eigenvalue weighted by Crippen LogP contribution is 2.33. The highest BCUT2D eigenvalue weighted by Gasteiger charge is 2.35. The van der Waals surface area contributed by atoms with Crippen molar-refractivity contribution in [1.82, 2.24) is 10.2 Å². The fourth-order valence-corrected chi connectivity index (χ4v) is 3.31. The second-order valence-electron chi connectivity index (χ2n) is 8.11. The van der Waals surface area contributed by atoms with Crippen LogP contribution in [0.2, 0.25) is 0 Å². The molecule has 0 saturated carbocycles. The lowest BCUT2D eigenvalue weighted by molar-refractivity contribution is -0.869. The molecule has 0 atom stereocenters. The summed E-state index contributed by atoms with van der Waals surface area (Å²) in [6.45, 7) is 0.815. The molecule has 0 aliphatic carbocycles. The quantitative estimate of drug-likeness (QED) is 0.394. The summed E-state index contributed by atoms with van der Waals surface area (Å²) >= 11 is 16.3. The fourth-order valence-electron chi connectivity index (χ4n) is 3.17. The van der Waals surface area contributed by atoms with Crippen molar-refractivity contribution in [2.75, 3.05) is 39.5 Å². The first-order chi connectivity index (χ1) is 14.3. The van der Waals surface area contributed by atoms with Crippen LogP contribution in [0.15, 0.2) is 30.3 Å². The lowest BCUT2D eigenvalue weighted by Gasteiger charge is -2.31. The van der Waals surface area contributed by atoms with Gasteiger partial charge in [-0.05, 0) is 23.6 Å². The zero-order chi connectivity index (χ0) is 23.1. The lowest BCUT2D eigenvalue weighted by atomic mass is 9.93. The monoisotopic (exact) mass is 485 g/mol. The predicted molar refractivity (Wildman–Crippen MR) is 120 cm³/mol. The van der Waals surface area contributed by atoms with Gasteiger partial charge in [-0.15, -0.1) is 0 Å². The number of carbonyl (C=O) groups is 4. The number of benzene rings is 2. The minimum absolute atomic E-state index is 0.239. The van der Waals surface area contributed by atoms with Crippen molar-refractivity contribution in [2.45, 2.75) is 3.79 Å². The number of amides is 5. The maximum absolute atomic E-state index is 13.1. The molecule has 0 saturated heterocycles. The number of quaternary nitrogens is 1. The molecule has 11 heteroatoms. The molecule has 31 heavy (non-hydrogen) atoms. The van der Waals surface area contributed by atoms with Crippen LogP contribution in [0.25, 0.3) is 10.8 Å². The number of nitrogens with zero attached hydrogens (tertiary/aromatic N) is 2. The summed E-state index contributed by atoms with van der Waals surface area (Å²) in [7, 11) is 5.89. The predicted octanol–water partition coefficient (Wildman–Crippen LogP) is 3.16. The summed E-state index contributed by atoms with van der Waals surface area (Å²) in [5.41, 5.74) is 0.927. The van der Waals surface area contributed by atoms with Crippen LogP contribution in [0.1, 0.15) is 20.7 Å². The van der Waals surface area contributed by atoms with Gasteiger partial charge in [0, 0.05) is 16.6 Å². The molecule has 0 radical (unpaired) electrons. The standard InChI is InChI=1S/C20H19Cl3N4O4/c1-27(2,3)8-7-26-16(28)13-6-4-5-11-9-12(10-14(15(11)13)17(26)29)24-19(31)25-18(30)20(21,22)23/h4-6,9-10H,7-8H2,1-3H3,(H-,24,25,30,31)/p+1. The van der Waals surface area contributed by atoms with E-state index in [0.717, 1.165) is 0 Å². The lowest BCUT2D eigenvalue weighted by Crippen LogP contribution is -2.47. The van der Waals surface area contributed by atoms with Gasteiger partial charge in [0.15, 0.2) is 0 Å². The Balaban J connectivity index is 1.95. The third-order valence-corrected chi connectivity index (χ3v) is 5.18. The van der Waals surface area contributed by atoms with Crippen molar-refractivity contribution in [2.24, 2.45) is 0 Å². The van der Waals surface area contributed by atoms with Crippen molar-refractivity contribution < 1.29 is 23.7 Å². The number of rotatable bonds is 4. The minimum Gasteiger partial charge on any atom is -0.329 e. The Hall–Kier alpha value is -2.39. The first-order valence-corrected chi connectivity index (χ1v) is 10.3. The highest BCUT2D eigenvalue weighted by molar-refractivity contribution is 6.76. The Morgan fingerprint density at radius 1 is 1.03 bits per heavy atom. The van der Waals surface area contributed by atoms with Gasteiger partial charge in [-0.25, -0.2) is 4.79 Å². The van der Waals surface area contributed by atoms with E-state index in [-0.39, 0.29) is 23.7 Å². The molecular formula is C20H20Cl3N4O4+. The molecule has 2 aromatic carbocycles. The van der Waals surface area contributed by atoms with Gasteiger partial charge in [-0.1, -0.05) is 46.9 Å². The molecule has 5 amide bonds. The molecule has 8 nitrogen and oxygen atoms in total. The minimum atomic E-state index is -2.30. The van der Waals surface area contributed by atoms with Crippen LogP contribution in [-0.4, -0.2) is 71.2 Å². The Morgan fingerprint density at radius 3 is 2.29 bits per heavy atom. The van der Waals surface area contributed by atoms with Crippen molar-refractivity contribution in [1.29, 1.82) is 0 Å². The van der Waals surface area contributed by atoms with E-state index in [9.17, 15) is 19.2 Å². The number of halogens is 3. The van der Waals surface area contributed by atoms with E-state index in [0.29, 0.717) is 27.4 Å². The second-order valence-corrected chi connectivity index (χ2v) is 10.4. The Labute approximate surface area is 193 Å². The summed E-state index contributed by atoms with van der Waals surface area (Å²) in [6.07, 6.45) is 0. The van der Waals surface area contributed by atoms with E-state index in [4.69, 9.17) is 34.8 Å². The van der Waals surface area contributed by atoms with Gasteiger partial charge in [0.2, 0.25) is 0 Å². The van der Waals surface area contributed by atoms with Gasteiger partial charge >= 0.3 is 6.03 Å². The Bertz CT molecular complexity index is 1110. The molecule has 0 fully saturated rings. The van der Waals surface area contributed by atoms with Crippen molar-refractivity contribution in [3.63, 3.8) is 0 Å². The average Bonchev–Trinajstić information content (AvgIpc) is 2.63. The van der Waals surface area contributed by atoms with Crippen molar-refractivity contribution in [3.8, 4) is 0 Å². The molecule has 2 N–H and O–H groups in total. The first-order valence-electron chi connectivity index (χ1n) is 9.20. The number of hydrogen-bond acceptors (Lipinski definition) is 4. The van der Waals surface area contributed by atoms with Gasteiger partial charge < -0.3 is 9.80 Å². The van der Waals surface area contributed by atoms with Crippen LogP contribution < -0.4 is 10.6 Å². The smallest absolute Gasteiger partial charge is 0.326 e. The molecule has 1 heterocycles.